The number of amides is 1. The van der Waals surface area contributed by atoms with Gasteiger partial charge in [-0.1, -0.05) is 23.2 Å². The lowest BCUT2D eigenvalue weighted by molar-refractivity contribution is -0.126. The molecule has 0 aliphatic rings. The van der Waals surface area contributed by atoms with Crippen LogP contribution in [0.5, 0.6) is 23.0 Å². The van der Waals surface area contributed by atoms with E-state index in [-0.39, 0.29) is 21.5 Å². The van der Waals surface area contributed by atoms with Gasteiger partial charge < -0.3 is 24.3 Å². The van der Waals surface area contributed by atoms with Crippen LogP contribution < -0.4 is 24.3 Å². The Balaban J connectivity index is 2.35. The Labute approximate surface area is 202 Å². The van der Waals surface area contributed by atoms with Gasteiger partial charge in [-0.15, -0.1) is 5.11 Å². The lowest BCUT2D eigenvalue weighted by Crippen LogP contribution is -2.31. The van der Waals surface area contributed by atoms with E-state index in [4.69, 9.17) is 42.1 Å². The van der Waals surface area contributed by atoms with Gasteiger partial charge in [0.25, 0.3) is 5.91 Å². The van der Waals surface area contributed by atoms with E-state index in [0.717, 1.165) is 0 Å². The number of nitrogens with zero attached hydrogens (tertiary/aromatic N) is 2. The maximum atomic E-state index is 12.9. The van der Waals surface area contributed by atoms with E-state index in [2.05, 4.69) is 15.5 Å². The molecule has 0 radical (unpaired) electrons. The molecule has 178 valence electrons. The van der Waals surface area contributed by atoms with Crippen LogP contribution in [0, 0.1) is 0 Å². The second kappa shape index (κ2) is 12.3. The van der Waals surface area contributed by atoms with E-state index < -0.39 is 17.7 Å². The summed E-state index contributed by atoms with van der Waals surface area (Å²) in [6, 6.07) is 4.70. The van der Waals surface area contributed by atoms with Gasteiger partial charge in [-0.3, -0.25) is 9.59 Å². The Kier molecular flexibility index (Phi) is 9.74. The standard InChI is InChI=1S/C22H25Cl2N3O6/c1-6-32-16-8-13(9-17(19(16)24)33-7-2)25-22(29)20(12(3)28)26-27-21-15(23)10-14(30-4)11-18(21)31-5/h8-11,20H,6-7H2,1-5H3,(H,25,29). The van der Waals surface area contributed by atoms with Crippen LogP contribution in [0.2, 0.25) is 10.0 Å². The number of rotatable bonds is 11. The fourth-order valence-corrected chi connectivity index (χ4v) is 3.19. The maximum absolute atomic E-state index is 12.9. The highest BCUT2D eigenvalue weighted by molar-refractivity contribution is 6.34. The van der Waals surface area contributed by atoms with Gasteiger partial charge >= 0.3 is 0 Å². The first-order chi connectivity index (χ1) is 15.7. The number of ketones is 1. The summed E-state index contributed by atoms with van der Waals surface area (Å²) in [6.07, 6.45) is 0. The third-order valence-corrected chi connectivity index (χ3v) is 4.90. The summed E-state index contributed by atoms with van der Waals surface area (Å²) in [4.78, 5) is 25.0. The van der Waals surface area contributed by atoms with Gasteiger partial charge in [-0.2, -0.15) is 5.11 Å². The van der Waals surface area contributed by atoms with Crippen LogP contribution in [0.15, 0.2) is 34.5 Å². The van der Waals surface area contributed by atoms with Crippen molar-refractivity contribution in [2.45, 2.75) is 26.8 Å². The van der Waals surface area contributed by atoms with Gasteiger partial charge in [-0.25, -0.2) is 0 Å². The van der Waals surface area contributed by atoms with Gasteiger partial charge in [0.2, 0.25) is 6.04 Å². The summed E-state index contributed by atoms with van der Waals surface area (Å²) >= 11 is 12.5. The largest absolute Gasteiger partial charge is 0.497 e. The molecule has 33 heavy (non-hydrogen) atoms. The number of benzene rings is 2. The van der Waals surface area contributed by atoms with Gasteiger partial charge in [0.05, 0.1) is 32.5 Å². The Morgan fingerprint density at radius 1 is 0.970 bits per heavy atom. The van der Waals surface area contributed by atoms with Crippen molar-refractivity contribution in [1.82, 2.24) is 0 Å². The van der Waals surface area contributed by atoms with Crippen molar-refractivity contribution in [3.8, 4) is 23.0 Å². The highest BCUT2D eigenvalue weighted by atomic mass is 35.5. The average Bonchev–Trinajstić information content (AvgIpc) is 2.77. The molecule has 1 amide bonds. The summed E-state index contributed by atoms with van der Waals surface area (Å²) in [5.41, 5.74) is 0.473. The minimum absolute atomic E-state index is 0.155. The number of ether oxygens (including phenoxy) is 4. The Morgan fingerprint density at radius 2 is 1.58 bits per heavy atom. The number of carbonyl (C=O) groups is 2. The molecular weight excluding hydrogens is 473 g/mol. The summed E-state index contributed by atoms with van der Waals surface area (Å²) in [7, 11) is 2.90. The highest BCUT2D eigenvalue weighted by Crippen LogP contribution is 2.40. The van der Waals surface area contributed by atoms with Crippen molar-refractivity contribution in [2.24, 2.45) is 10.2 Å². The minimum Gasteiger partial charge on any atom is -0.497 e. The van der Waals surface area contributed by atoms with E-state index in [9.17, 15) is 9.59 Å². The molecule has 2 aromatic carbocycles. The second-order valence-corrected chi connectivity index (χ2v) is 7.32. The summed E-state index contributed by atoms with van der Waals surface area (Å²) in [5, 5.41) is 11.0. The van der Waals surface area contributed by atoms with E-state index in [1.165, 1.54) is 39.3 Å². The smallest absolute Gasteiger partial charge is 0.258 e. The first-order valence-corrected chi connectivity index (χ1v) is 10.7. The molecule has 0 saturated carbocycles. The topological polar surface area (TPSA) is 108 Å². The Morgan fingerprint density at radius 3 is 2.06 bits per heavy atom. The fraction of sp³-hybridized carbons (Fsp3) is 0.364. The van der Waals surface area contributed by atoms with E-state index in [0.29, 0.717) is 36.1 Å². The van der Waals surface area contributed by atoms with E-state index in [1.54, 1.807) is 19.9 Å². The molecule has 2 rings (SSSR count). The highest BCUT2D eigenvalue weighted by Gasteiger charge is 2.25. The quantitative estimate of drug-likeness (QED) is 0.324. The van der Waals surface area contributed by atoms with Crippen LogP contribution in [0.25, 0.3) is 0 Å². The zero-order valence-electron chi connectivity index (χ0n) is 18.9. The number of Topliss-reactive ketones (excluding diaryl/α,β-unsaturated/α-hetero) is 1. The molecule has 1 unspecified atom stereocenters. The van der Waals surface area contributed by atoms with Crippen molar-refractivity contribution in [2.75, 3.05) is 32.8 Å². The lowest BCUT2D eigenvalue weighted by Gasteiger charge is -2.15. The van der Waals surface area contributed by atoms with Crippen LogP contribution >= 0.6 is 23.2 Å². The fourth-order valence-electron chi connectivity index (χ4n) is 2.73. The number of azo groups is 1. The van der Waals surface area contributed by atoms with Crippen LogP contribution in [0.3, 0.4) is 0 Å². The zero-order chi connectivity index (χ0) is 24.5. The molecule has 0 fully saturated rings. The van der Waals surface area contributed by atoms with Crippen LogP contribution in [-0.2, 0) is 9.59 Å². The van der Waals surface area contributed by atoms with E-state index >= 15 is 0 Å². The van der Waals surface area contributed by atoms with Crippen LogP contribution in [-0.4, -0.2) is 45.2 Å². The van der Waals surface area contributed by atoms with Crippen molar-refractivity contribution < 1.29 is 28.5 Å². The van der Waals surface area contributed by atoms with E-state index in [1.807, 2.05) is 0 Å². The molecule has 1 atom stereocenters. The number of hydrogen-bond acceptors (Lipinski definition) is 8. The Hall–Kier alpha value is -3.04. The molecule has 0 bridgehead atoms. The van der Waals surface area contributed by atoms with Crippen molar-refractivity contribution >= 4 is 46.3 Å². The normalized spacial score (nSPS) is 11.7. The molecule has 11 heteroatoms. The molecule has 0 heterocycles. The first kappa shape index (κ1) is 26.2. The molecule has 9 nitrogen and oxygen atoms in total. The maximum Gasteiger partial charge on any atom is 0.258 e. The van der Waals surface area contributed by atoms with Crippen LogP contribution in [0.4, 0.5) is 11.4 Å². The third-order valence-electron chi connectivity index (χ3n) is 4.24. The molecule has 2 aromatic rings. The number of carbonyl (C=O) groups excluding carboxylic acids is 2. The monoisotopic (exact) mass is 497 g/mol. The molecule has 0 saturated heterocycles. The van der Waals surface area contributed by atoms with Gasteiger partial charge in [-0.05, 0) is 20.8 Å². The third kappa shape index (κ3) is 6.72. The molecule has 0 aromatic heterocycles. The van der Waals surface area contributed by atoms with Crippen molar-refractivity contribution in [1.29, 1.82) is 0 Å². The molecule has 0 aliphatic carbocycles. The van der Waals surface area contributed by atoms with Crippen LogP contribution in [0.1, 0.15) is 20.8 Å². The number of hydrogen-bond donors (Lipinski definition) is 1. The minimum atomic E-state index is -1.44. The predicted molar refractivity (Wildman–Crippen MR) is 126 cm³/mol. The molecule has 1 N–H and O–H groups in total. The number of anilines is 1. The molecule has 0 aliphatic heterocycles. The summed E-state index contributed by atoms with van der Waals surface area (Å²) in [6.45, 7) is 5.55. The second-order valence-electron chi connectivity index (χ2n) is 6.53. The number of nitrogens with one attached hydrogen (secondary N) is 1. The zero-order valence-corrected chi connectivity index (χ0v) is 20.4. The first-order valence-electron chi connectivity index (χ1n) is 9.98. The summed E-state index contributed by atoms with van der Waals surface area (Å²) in [5.74, 6) is 0.152. The molecule has 0 spiro atoms. The van der Waals surface area contributed by atoms with Crippen molar-refractivity contribution in [3.63, 3.8) is 0 Å². The van der Waals surface area contributed by atoms with Gasteiger partial charge in [0.15, 0.2) is 11.5 Å². The average molecular weight is 498 g/mol. The Bertz CT molecular complexity index is 1020. The predicted octanol–water partition coefficient (Wildman–Crippen LogP) is 5.49. The lowest BCUT2D eigenvalue weighted by atomic mass is 10.2. The SMILES string of the molecule is CCOc1cc(NC(=O)C(N=Nc2c(Cl)cc(OC)cc2OC)C(C)=O)cc(OCC)c1Cl. The summed E-state index contributed by atoms with van der Waals surface area (Å²) < 4.78 is 21.4. The number of methoxy groups -OCH3 is 2. The van der Waals surface area contributed by atoms with Crippen molar-refractivity contribution in [3.05, 3.63) is 34.3 Å². The molecular formula is C22H25Cl2N3O6. The van der Waals surface area contributed by atoms with Gasteiger partial charge in [0, 0.05) is 30.0 Å². The number of halogens is 2. The van der Waals surface area contributed by atoms with Gasteiger partial charge in [0.1, 0.15) is 28.0 Å².